The minimum atomic E-state index is -5.08. The molecule has 0 radical (unpaired) electrons. The molecule has 6 nitrogen and oxygen atoms in total. The highest BCUT2D eigenvalue weighted by Crippen LogP contribution is 2.36. The summed E-state index contributed by atoms with van der Waals surface area (Å²) in [5.41, 5.74) is -0.862. The SMILES string of the molecule is Cc1cccc(CNC(=O)N[C@@H](c2ccc(C(F)(F)F)cc2)c2ncccc2C(F)(F)F)c1.O=C(O)C(F)(F)F. The molecule has 15 heteroatoms. The molecule has 0 saturated heterocycles. The van der Waals surface area contributed by atoms with Crippen LogP contribution >= 0.6 is 0 Å². The molecular formula is C25H20F9N3O3. The van der Waals surface area contributed by atoms with Gasteiger partial charge in [0.25, 0.3) is 0 Å². The van der Waals surface area contributed by atoms with Gasteiger partial charge < -0.3 is 15.7 Å². The number of pyridine rings is 1. The zero-order valence-corrected chi connectivity index (χ0v) is 20.2. The van der Waals surface area contributed by atoms with Crippen LogP contribution < -0.4 is 10.6 Å². The summed E-state index contributed by atoms with van der Waals surface area (Å²) in [6.07, 6.45) is -13.4. The smallest absolute Gasteiger partial charge is 0.475 e. The Morgan fingerprint density at radius 2 is 1.48 bits per heavy atom. The van der Waals surface area contributed by atoms with E-state index in [4.69, 9.17) is 9.90 Å². The number of nitrogens with zero attached hydrogens (tertiary/aromatic N) is 1. The van der Waals surface area contributed by atoms with Crippen LogP contribution in [0.5, 0.6) is 0 Å². The second-order valence-corrected chi connectivity index (χ2v) is 8.11. The Morgan fingerprint density at radius 1 is 0.875 bits per heavy atom. The van der Waals surface area contributed by atoms with Crippen LogP contribution in [-0.2, 0) is 23.7 Å². The summed E-state index contributed by atoms with van der Waals surface area (Å²) in [6.45, 7) is 1.96. The molecule has 2 aromatic carbocycles. The van der Waals surface area contributed by atoms with Gasteiger partial charge in [-0.05, 0) is 42.3 Å². The number of carboxylic acid groups (broad SMARTS) is 1. The van der Waals surface area contributed by atoms with E-state index in [1.807, 2.05) is 19.1 Å². The van der Waals surface area contributed by atoms with E-state index in [0.717, 1.165) is 53.7 Å². The second kappa shape index (κ2) is 12.7. The van der Waals surface area contributed by atoms with E-state index in [1.165, 1.54) is 0 Å². The van der Waals surface area contributed by atoms with Gasteiger partial charge in [0.2, 0.25) is 0 Å². The highest BCUT2D eigenvalue weighted by molar-refractivity contribution is 5.75. The van der Waals surface area contributed by atoms with Gasteiger partial charge in [-0.2, -0.15) is 39.5 Å². The number of hydrogen-bond acceptors (Lipinski definition) is 3. The van der Waals surface area contributed by atoms with Crippen LogP contribution in [0.1, 0.15) is 39.6 Å². The first-order valence-corrected chi connectivity index (χ1v) is 11.0. The predicted molar refractivity (Wildman–Crippen MR) is 123 cm³/mol. The lowest BCUT2D eigenvalue weighted by Crippen LogP contribution is -2.39. The number of alkyl halides is 9. The van der Waals surface area contributed by atoms with Gasteiger partial charge >= 0.3 is 30.5 Å². The number of benzene rings is 2. The highest BCUT2D eigenvalue weighted by atomic mass is 19.4. The fourth-order valence-electron chi connectivity index (χ4n) is 3.25. The lowest BCUT2D eigenvalue weighted by Gasteiger charge is -2.23. The van der Waals surface area contributed by atoms with Crippen molar-refractivity contribution in [2.24, 2.45) is 0 Å². The van der Waals surface area contributed by atoms with Crippen LogP contribution in [0.3, 0.4) is 0 Å². The first kappa shape index (κ1) is 31.9. The van der Waals surface area contributed by atoms with E-state index in [-0.39, 0.29) is 12.1 Å². The topological polar surface area (TPSA) is 91.3 Å². The molecule has 1 heterocycles. The lowest BCUT2D eigenvalue weighted by atomic mass is 9.98. The van der Waals surface area contributed by atoms with Crippen LogP contribution in [0.4, 0.5) is 44.3 Å². The molecule has 0 aliphatic heterocycles. The summed E-state index contributed by atoms with van der Waals surface area (Å²) in [6, 6.07) is 10.4. The third kappa shape index (κ3) is 9.47. The van der Waals surface area contributed by atoms with Gasteiger partial charge in [0.05, 0.1) is 22.9 Å². The number of carbonyl (C=O) groups is 2. The second-order valence-electron chi connectivity index (χ2n) is 8.11. The summed E-state index contributed by atoms with van der Waals surface area (Å²) < 4.78 is 111. The van der Waals surface area contributed by atoms with Gasteiger partial charge in [-0.1, -0.05) is 42.0 Å². The van der Waals surface area contributed by atoms with Gasteiger partial charge in [-0.15, -0.1) is 0 Å². The van der Waals surface area contributed by atoms with E-state index < -0.39 is 53.4 Å². The zero-order chi connectivity index (χ0) is 30.3. The Kier molecular flexibility index (Phi) is 10.1. The number of halogens is 9. The largest absolute Gasteiger partial charge is 0.490 e. The van der Waals surface area contributed by atoms with E-state index in [9.17, 15) is 44.3 Å². The maximum absolute atomic E-state index is 13.6. The van der Waals surface area contributed by atoms with Gasteiger partial charge in [-0.25, -0.2) is 9.59 Å². The predicted octanol–water partition coefficient (Wildman–Crippen LogP) is 6.65. The molecule has 0 bridgehead atoms. The first-order chi connectivity index (χ1) is 18.4. The minimum Gasteiger partial charge on any atom is -0.475 e. The number of carboxylic acids is 1. The minimum absolute atomic E-state index is 0.0119. The number of aromatic nitrogens is 1. The molecule has 2 amide bonds. The van der Waals surface area contributed by atoms with Crippen molar-refractivity contribution >= 4 is 12.0 Å². The average Bonchev–Trinajstić information content (AvgIpc) is 2.85. The molecule has 40 heavy (non-hydrogen) atoms. The van der Waals surface area contributed by atoms with Crippen molar-refractivity contribution < 1.29 is 54.2 Å². The van der Waals surface area contributed by atoms with Gasteiger partial charge in [0.15, 0.2) is 0 Å². The molecule has 1 aromatic heterocycles. The Balaban J connectivity index is 0.000000708. The Hall–Kier alpha value is -4.30. The molecule has 0 unspecified atom stereocenters. The maximum Gasteiger partial charge on any atom is 0.490 e. The van der Waals surface area contributed by atoms with Crippen molar-refractivity contribution in [1.82, 2.24) is 15.6 Å². The molecule has 0 spiro atoms. The van der Waals surface area contributed by atoms with Crippen molar-refractivity contribution in [3.05, 3.63) is 100 Å². The summed E-state index contributed by atoms with van der Waals surface area (Å²) in [5.74, 6) is -2.76. The third-order valence-electron chi connectivity index (χ3n) is 5.04. The van der Waals surface area contributed by atoms with E-state index >= 15 is 0 Å². The summed E-state index contributed by atoms with van der Waals surface area (Å²) in [4.78, 5) is 25.2. The number of amides is 2. The molecule has 3 N–H and O–H groups in total. The number of aliphatic carboxylic acids is 1. The van der Waals surface area contributed by atoms with Gasteiger partial charge in [0.1, 0.15) is 0 Å². The number of nitrogens with one attached hydrogen (secondary N) is 2. The van der Waals surface area contributed by atoms with Crippen molar-refractivity contribution in [3.63, 3.8) is 0 Å². The van der Waals surface area contributed by atoms with Crippen LogP contribution in [0.25, 0.3) is 0 Å². The van der Waals surface area contributed by atoms with Crippen molar-refractivity contribution in [2.45, 2.75) is 38.0 Å². The standard InChI is InChI=1S/C23H19F6N3O.C2HF3O2/c1-14-4-2-5-15(12-14)13-31-21(33)32-19(16-7-9-17(10-8-16)22(24,25)26)20-18(23(27,28)29)6-3-11-30-20;3-2(4,5)1(6)7/h2-12,19H,13H2,1H3,(H2,31,32,33);(H,6,7)/t19-;/m0./s1. The fraction of sp³-hybridized carbons (Fsp3) is 0.240. The van der Waals surface area contributed by atoms with Crippen molar-refractivity contribution in [1.29, 1.82) is 0 Å². The quantitative estimate of drug-likeness (QED) is 0.295. The lowest BCUT2D eigenvalue weighted by molar-refractivity contribution is -0.192. The number of urea groups is 1. The Morgan fingerprint density at radius 3 is 1.98 bits per heavy atom. The molecule has 0 fully saturated rings. The molecule has 1 atom stereocenters. The third-order valence-corrected chi connectivity index (χ3v) is 5.04. The summed E-state index contributed by atoms with van der Waals surface area (Å²) in [5, 5.41) is 12.1. The number of carbonyl (C=O) groups excluding carboxylic acids is 1. The summed E-state index contributed by atoms with van der Waals surface area (Å²) >= 11 is 0. The molecular weight excluding hydrogens is 561 g/mol. The van der Waals surface area contributed by atoms with Gasteiger partial charge in [0, 0.05) is 12.7 Å². The molecule has 0 aliphatic carbocycles. The van der Waals surface area contributed by atoms with Crippen molar-refractivity contribution in [2.75, 3.05) is 0 Å². The zero-order valence-electron chi connectivity index (χ0n) is 20.2. The number of hydrogen-bond donors (Lipinski definition) is 3. The molecule has 216 valence electrons. The van der Waals surface area contributed by atoms with E-state index in [1.54, 1.807) is 12.1 Å². The monoisotopic (exact) mass is 581 g/mol. The molecule has 3 aromatic rings. The molecule has 3 rings (SSSR count). The average molecular weight is 581 g/mol. The maximum atomic E-state index is 13.6. The van der Waals surface area contributed by atoms with E-state index in [2.05, 4.69) is 15.6 Å². The molecule has 0 aliphatic rings. The first-order valence-electron chi connectivity index (χ1n) is 11.0. The molecule has 0 saturated carbocycles. The fourth-order valence-corrected chi connectivity index (χ4v) is 3.25. The normalized spacial score (nSPS) is 12.6. The van der Waals surface area contributed by atoms with Crippen LogP contribution in [0.2, 0.25) is 0 Å². The van der Waals surface area contributed by atoms with Crippen LogP contribution in [0.15, 0.2) is 66.9 Å². The van der Waals surface area contributed by atoms with Gasteiger partial charge in [-0.3, -0.25) is 4.98 Å². The highest BCUT2D eigenvalue weighted by Gasteiger charge is 2.38. The van der Waals surface area contributed by atoms with Crippen LogP contribution in [-0.4, -0.2) is 28.3 Å². The summed E-state index contributed by atoms with van der Waals surface area (Å²) in [7, 11) is 0. The number of rotatable bonds is 5. The van der Waals surface area contributed by atoms with E-state index in [0.29, 0.717) is 0 Å². The number of aryl methyl sites for hydroxylation is 1. The van der Waals surface area contributed by atoms with Crippen LogP contribution in [0, 0.1) is 6.92 Å². The Labute approximate surface area is 220 Å². The Bertz CT molecular complexity index is 1310. The van der Waals surface area contributed by atoms with Crippen molar-refractivity contribution in [3.8, 4) is 0 Å².